The highest BCUT2D eigenvalue weighted by molar-refractivity contribution is 5.96. The zero-order chi connectivity index (χ0) is 12.5. The van der Waals surface area contributed by atoms with Crippen molar-refractivity contribution in [1.82, 2.24) is 5.32 Å². The molecule has 0 atom stereocenters. The van der Waals surface area contributed by atoms with Crippen molar-refractivity contribution in [3.8, 4) is 0 Å². The Kier molecular flexibility index (Phi) is 3.16. The molecule has 16 heavy (non-hydrogen) atoms. The van der Waals surface area contributed by atoms with Gasteiger partial charge in [0.05, 0.1) is 5.69 Å². The van der Waals surface area contributed by atoms with Gasteiger partial charge < -0.3 is 11.1 Å². The minimum atomic E-state index is -1.03. The van der Waals surface area contributed by atoms with Gasteiger partial charge >= 0.3 is 0 Å². The fourth-order valence-electron chi connectivity index (χ4n) is 1.18. The number of carbonyl (C=O) groups excluding carboxylic acids is 1. The van der Waals surface area contributed by atoms with E-state index in [1.165, 1.54) is 0 Å². The van der Waals surface area contributed by atoms with Crippen LogP contribution in [0.2, 0.25) is 0 Å². The standard InChI is InChI=1S/C11H14F2N2O/c1-11(2,3)15-10(16)8-6(12)4-5-7(14)9(8)13/h4-5H,14H2,1-3H3,(H,15,16). The topological polar surface area (TPSA) is 55.1 Å². The molecule has 0 aliphatic heterocycles. The van der Waals surface area contributed by atoms with Gasteiger partial charge in [0.15, 0.2) is 5.82 Å². The number of halogens is 2. The maximum Gasteiger partial charge on any atom is 0.257 e. The molecule has 0 bridgehead atoms. The van der Waals surface area contributed by atoms with Crippen LogP contribution < -0.4 is 11.1 Å². The zero-order valence-corrected chi connectivity index (χ0v) is 9.40. The van der Waals surface area contributed by atoms with E-state index in [1.807, 2.05) is 0 Å². The Morgan fingerprint density at radius 1 is 1.31 bits per heavy atom. The van der Waals surface area contributed by atoms with E-state index in [-0.39, 0.29) is 5.69 Å². The summed E-state index contributed by atoms with van der Waals surface area (Å²) in [6.45, 7) is 5.15. The van der Waals surface area contributed by atoms with Crippen molar-refractivity contribution in [3.63, 3.8) is 0 Å². The number of nitrogen functional groups attached to an aromatic ring is 1. The molecule has 3 N–H and O–H groups in total. The average Bonchev–Trinajstić information content (AvgIpc) is 2.09. The highest BCUT2D eigenvalue weighted by atomic mass is 19.1. The first-order chi connectivity index (χ1) is 7.22. The number of amides is 1. The Bertz CT molecular complexity index is 425. The Morgan fingerprint density at radius 3 is 2.38 bits per heavy atom. The Balaban J connectivity index is 3.14. The van der Waals surface area contributed by atoms with Gasteiger partial charge in [0.1, 0.15) is 11.4 Å². The van der Waals surface area contributed by atoms with Crippen LogP contribution in [0.25, 0.3) is 0 Å². The molecule has 0 saturated carbocycles. The quantitative estimate of drug-likeness (QED) is 0.723. The summed E-state index contributed by atoms with van der Waals surface area (Å²) in [7, 11) is 0. The molecule has 0 aliphatic carbocycles. The molecule has 1 aromatic rings. The van der Waals surface area contributed by atoms with Crippen molar-refractivity contribution in [2.24, 2.45) is 0 Å². The normalized spacial score (nSPS) is 11.3. The molecule has 0 spiro atoms. The molecule has 88 valence electrons. The molecule has 0 saturated heterocycles. The zero-order valence-electron chi connectivity index (χ0n) is 9.40. The van der Waals surface area contributed by atoms with Crippen molar-refractivity contribution in [2.75, 3.05) is 5.73 Å². The van der Waals surface area contributed by atoms with Crippen LogP contribution >= 0.6 is 0 Å². The highest BCUT2D eigenvalue weighted by Crippen LogP contribution is 2.19. The van der Waals surface area contributed by atoms with Crippen LogP contribution in [0.1, 0.15) is 31.1 Å². The Hall–Kier alpha value is -1.65. The molecule has 1 rings (SSSR count). The second-order valence-corrected chi connectivity index (χ2v) is 4.53. The van der Waals surface area contributed by atoms with E-state index in [0.717, 1.165) is 12.1 Å². The SMILES string of the molecule is CC(C)(C)NC(=O)c1c(F)ccc(N)c1F. The van der Waals surface area contributed by atoms with Crippen LogP contribution in [0.5, 0.6) is 0 Å². The van der Waals surface area contributed by atoms with Gasteiger partial charge in [-0.1, -0.05) is 0 Å². The summed E-state index contributed by atoms with van der Waals surface area (Å²) in [5.41, 5.74) is 3.81. The summed E-state index contributed by atoms with van der Waals surface area (Å²) in [5, 5.41) is 2.47. The van der Waals surface area contributed by atoms with Gasteiger partial charge in [0, 0.05) is 5.54 Å². The van der Waals surface area contributed by atoms with E-state index in [4.69, 9.17) is 5.73 Å². The number of rotatable bonds is 1. The first kappa shape index (κ1) is 12.4. The Morgan fingerprint density at radius 2 is 1.88 bits per heavy atom. The predicted octanol–water partition coefficient (Wildman–Crippen LogP) is 2.08. The first-order valence-electron chi connectivity index (χ1n) is 4.78. The van der Waals surface area contributed by atoms with Crippen LogP contribution in [0.4, 0.5) is 14.5 Å². The smallest absolute Gasteiger partial charge is 0.257 e. The van der Waals surface area contributed by atoms with Gasteiger partial charge in [-0.05, 0) is 32.9 Å². The minimum Gasteiger partial charge on any atom is -0.396 e. The van der Waals surface area contributed by atoms with Gasteiger partial charge in [-0.2, -0.15) is 0 Å². The number of benzene rings is 1. The van der Waals surface area contributed by atoms with Gasteiger partial charge in [0.2, 0.25) is 0 Å². The highest BCUT2D eigenvalue weighted by Gasteiger charge is 2.23. The lowest BCUT2D eigenvalue weighted by Gasteiger charge is -2.21. The third kappa shape index (κ3) is 2.68. The van der Waals surface area contributed by atoms with Crippen molar-refractivity contribution in [1.29, 1.82) is 0 Å². The summed E-state index contributed by atoms with van der Waals surface area (Å²) in [6.07, 6.45) is 0. The summed E-state index contributed by atoms with van der Waals surface area (Å²) < 4.78 is 26.8. The minimum absolute atomic E-state index is 0.250. The van der Waals surface area contributed by atoms with Crippen molar-refractivity contribution < 1.29 is 13.6 Å². The monoisotopic (exact) mass is 228 g/mol. The predicted molar refractivity (Wildman–Crippen MR) is 58.0 cm³/mol. The van der Waals surface area contributed by atoms with Crippen LogP contribution in [0.3, 0.4) is 0 Å². The Labute approximate surface area is 92.6 Å². The molecule has 1 amide bonds. The van der Waals surface area contributed by atoms with Crippen LogP contribution in [0, 0.1) is 11.6 Å². The second kappa shape index (κ2) is 4.08. The number of nitrogens with one attached hydrogen (secondary N) is 1. The molecule has 0 radical (unpaired) electrons. The fraction of sp³-hybridized carbons (Fsp3) is 0.364. The fourth-order valence-corrected chi connectivity index (χ4v) is 1.18. The summed E-state index contributed by atoms with van der Waals surface area (Å²) in [6, 6.07) is 2.05. The number of nitrogens with two attached hydrogens (primary N) is 1. The van der Waals surface area contributed by atoms with Gasteiger partial charge in [-0.25, -0.2) is 8.78 Å². The first-order valence-corrected chi connectivity index (χ1v) is 4.78. The molecule has 0 fully saturated rings. The molecule has 0 unspecified atom stereocenters. The third-order valence-electron chi connectivity index (χ3n) is 1.84. The van der Waals surface area contributed by atoms with E-state index in [2.05, 4.69) is 5.32 Å². The van der Waals surface area contributed by atoms with E-state index in [0.29, 0.717) is 0 Å². The van der Waals surface area contributed by atoms with Crippen molar-refractivity contribution in [3.05, 3.63) is 29.3 Å². The molecule has 3 nitrogen and oxygen atoms in total. The van der Waals surface area contributed by atoms with E-state index >= 15 is 0 Å². The lowest BCUT2D eigenvalue weighted by Crippen LogP contribution is -2.41. The summed E-state index contributed by atoms with van der Waals surface area (Å²) in [4.78, 5) is 11.6. The molecule has 0 aromatic heterocycles. The molecule has 0 heterocycles. The van der Waals surface area contributed by atoms with Crippen LogP contribution in [-0.4, -0.2) is 11.4 Å². The number of carbonyl (C=O) groups is 1. The molecule has 5 heteroatoms. The number of anilines is 1. The van der Waals surface area contributed by atoms with Crippen molar-refractivity contribution >= 4 is 11.6 Å². The average molecular weight is 228 g/mol. The van der Waals surface area contributed by atoms with E-state index < -0.39 is 28.6 Å². The van der Waals surface area contributed by atoms with Crippen molar-refractivity contribution in [2.45, 2.75) is 26.3 Å². The molecular formula is C11H14F2N2O. The largest absolute Gasteiger partial charge is 0.396 e. The summed E-state index contributed by atoms with van der Waals surface area (Å²) >= 11 is 0. The van der Waals surface area contributed by atoms with Crippen LogP contribution in [0.15, 0.2) is 12.1 Å². The summed E-state index contributed by atoms with van der Waals surface area (Å²) in [5.74, 6) is -2.76. The number of hydrogen-bond acceptors (Lipinski definition) is 2. The molecular weight excluding hydrogens is 214 g/mol. The lowest BCUT2D eigenvalue weighted by molar-refractivity contribution is 0.0911. The maximum absolute atomic E-state index is 13.5. The second-order valence-electron chi connectivity index (χ2n) is 4.53. The van der Waals surface area contributed by atoms with Crippen LogP contribution in [-0.2, 0) is 0 Å². The van der Waals surface area contributed by atoms with Gasteiger partial charge in [-0.15, -0.1) is 0 Å². The van der Waals surface area contributed by atoms with Gasteiger partial charge in [0.25, 0.3) is 5.91 Å². The van der Waals surface area contributed by atoms with Gasteiger partial charge in [-0.3, -0.25) is 4.79 Å². The number of hydrogen-bond donors (Lipinski definition) is 2. The third-order valence-corrected chi connectivity index (χ3v) is 1.84. The molecule has 1 aromatic carbocycles. The maximum atomic E-state index is 13.5. The van der Waals surface area contributed by atoms with E-state index in [9.17, 15) is 13.6 Å². The molecule has 0 aliphatic rings. The lowest BCUT2D eigenvalue weighted by atomic mass is 10.1. The van der Waals surface area contributed by atoms with E-state index in [1.54, 1.807) is 20.8 Å².